The zero-order valence-electron chi connectivity index (χ0n) is 11.5. The molecule has 2 heterocycles. The normalized spacial score (nSPS) is 19.6. The van der Waals surface area contributed by atoms with Crippen molar-refractivity contribution in [1.82, 2.24) is 9.97 Å². The number of aryl methyl sites for hydroxylation is 1. The van der Waals surface area contributed by atoms with E-state index in [9.17, 15) is 9.90 Å². The Morgan fingerprint density at radius 1 is 1.55 bits per heavy atom. The number of carboxylic acids is 1. The Hall–Kier alpha value is -1.69. The SMILES string of the molecule is C[C@H](Nc1ncnc2sc3c(c12)[C@@H](C)CCC3)C(=O)[O-]. The molecule has 0 aromatic carbocycles. The number of nitrogens with zero attached hydrogens (tertiary/aromatic N) is 2. The molecule has 20 heavy (non-hydrogen) atoms. The van der Waals surface area contributed by atoms with Crippen molar-refractivity contribution in [1.29, 1.82) is 0 Å². The molecule has 1 aliphatic rings. The molecule has 0 amide bonds. The lowest BCUT2D eigenvalue weighted by atomic mass is 9.87. The highest BCUT2D eigenvalue weighted by atomic mass is 32.1. The van der Waals surface area contributed by atoms with E-state index >= 15 is 0 Å². The van der Waals surface area contributed by atoms with Crippen LogP contribution in [0.5, 0.6) is 0 Å². The molecule has 0 aliphatic heterocycles. The van der Waals surface area contributed by atoms with Crippen molar-refractivity contribution in [3.05, 3.63) is 16.8 Å². The summed E-state index contributed by atoms with van der Waals surface area (Å²) in [5.41, 5.74) is 1.30. The molecule has 0 saturated heterocycles. The van der Waals surface area contributed by atoms with Gasteiger partial charge in [0.1, 0.15) is 17.0 Å². The average Bonchev–Trinajstić information content (AvgIpc) is 2.79. The first kappa shape index (κ1) is 13.3. The van der Waals surface area contributed by atoms with E-state index in [1.807, 2.05) is 0 Å². The minimum atomic E-state index is -1.13. The van der Waals surface area contributed by atoms with Crippen molar-refractivity contribution in [3.63, 3.8) is 0 Å². The van der Waals surface area contributed by atoms with Crippen LogP contribution in [0.3, 0.4) is 0 Å². The predicted octanol–water partition coefficient (Wildman–Crippen LogP) is 1.68. The van der Waals surface area contributed by atoms with E-state index in [1.165, 1.54) is 23.2 Å². The van der Waals surface area contributed by atoms with E-state index in [0.29, 0.717) is 11.7 Å². The molecule has 2 aromatic heterocycles. The quantitative estimate of drug-likeness (QED) is 0.930. The van der Waals surface area contributed by atoms with Crippen LogP contribution in [-0.2, 0) is 11.2 Å². The van der Waals surface area contributed by atoms with Crippen molar-refractivity contribution in [2.75, 3.05) is 5.32 Å². The van der Waals surface area contributed by atoms with Gasteiger partial charge in [0, 0.05) is 4.88 Å². The topological polar surface area (TPSA) is 77.9 Å². The second-order valence-electron chi connectivity index (χ2n) is 5.32. The van der Waals surface area contributed by atoms with Crippen LogP contribution in [0, 0.1) is 0 Å². The van der Waals surface area contributed by atoms with Crippen LogP contribution in [0.15, 0.2) is 6.33 Å². The third-order valence-corrected chi connectivity index (χ3v) is 5.02. The van der Waals surface area contributed by atoms with Crippen LogP contribution in [-0.4, -0.2) is 22.0 Å². The predicted molar refractivity (Wildman–Crippen MR) is 76.9 cm³/mol. The fraction of sp³-hybridized carbons (Fsp3) is 0.500. The maximum absolute atomic E-state index is 10.9. The lowest BCUT2D eigenvalue weighted by Gasteiger charge is -2.20. The summed E-state index contributed by atoms with van der Waals surface area (Å²) in [4.78, 5) is 21.8. The Morgan fingerprint density at radius 3 is 3.10 bits per heavy atom. The van der Waals surface area contributed by atoms with Gasteiger partial charge in [0.2, 0.25) is 0 Å². The maximum atomic E-state index is 10.9. The lowest BCUT2D eigenvalue weighted by molar-refractivity contribution is -0.306. The van der Waals surface area contributed by atoms with E-state index in [-0.39, 0.29) is 0 Å². The van der Waals surface area contributed by atoms with Crippen LogP contribution in [0.1, 0.15) is 43.0 Å². The highest BCUT2D eigenvalue weighted by molar-refractivity contribution is 7.19. The molecular weight excluding hydrogens is 274 g/mol. The Bertz CT molecular complexity index is 668. The zero-order chi connectivity index (χ0) is 14.3. The van der Waals surface area contributed by atoms with E-state index in [4.69, 9.17) is 0 Å². The molecule has 0 radical (unpaired) electrons. The smallest absolute Gasteiger partial charge is 0.138 e. The number of aliphatic carboxylic acids is 1. The number of hydrogen-bond donors (Lipinski definition) is 1. The molecule has 0 bridgehead atoms. The molecule has 0 unspecified atom stereocenters. The van der Waals surface area contributed by atoms with Crippen molar-refractivity contribution < 1.29 is 9.90 Å². The molecule has 0 fully saturated rings. The summed E-state index contributed by atoms with van der Waals surface area (Å²) in [6.45, 7) is 3.77. The van der Waals surface area contributed by atoms with Crippen LogP contribution in [0.25, 0.3) is 10.2 Å². The fourth-order valence-electron chi connectivity index (χ4n) is 2.79. The monoisotopic (exact) mass is 290 g/mol. The molecule has 2 aromatic rings. The largest absolute Gasteiger partial charge is 0.548 e. The number of carbonyl (C=O) groups excluding carboxylic acids is 1. The first-order valence-electron chi connectivity index (χ1n) is 6.81. The molecule has 106 valence electrons. The molecule has 5 nitrogen and oxygen atoms in total. The molecule has 6 heteroatoms. The van der Waals surface area contributed by atoms with Gasteiger partial charge in [-0.25, -0.2) is 9.97 Å². The molecule has 1 N–H and O–H groups in total. The second kappa shape index (κ2) is 5.01. The van der Waals surface area contributed by atoms with Gasteiger partial charge < -0.3 is 15.2 Å². The number of carboxylic acid groups (broad SMARTS) is 1. The number of rotatable bonds is 3. The number of carbonyl (C=O) groups is 1. The second-order valence-corrected chi connectivity index (χ2v) is 6.40. The molecule has 2 atom stereocenters. The average molecular weight is 290 g/mol. The maximum Gasteiger partial charge on any atom is 0.138 e. The number of aromatic nitrogens is 2. The van der Waals surface area contributed by atoms with Gasteiger partial charge in [-0.15, -0.1) is 11.3 Å². The number of anilines is 1. The van der Waals surface area contributed by atoms with E-state index in [2.05, 4.69) is 22.2 Å². The lowest BCUT2D eigenvalue weighted by Crippen LogP contribution is -2.38. The highest BCUT2D eigenvalue weighted by Gasteiger charge is 2.25. The molecule has 1 aliphatic carbocycles. The fourth-order valence-corrected chi connectivity index (χ4v) is 4.10. The Morgan fingerprint density at radius 2 is 2.35 bits per heavy atom. The zero-order valence-corrected chi connectivity index (χ0v) is 12.3. The number of hydrogen-bond acceptors (Lipinski definition) is 6. The van der Waals surface area contributed by atoms with Gasteiger partial charge in [0.15, 0.2) is 0 Å². The van der Waals surface area contributed by atoms with Crippen LogP contribution in [0.4, 0.5) is 5.82 Å². The van der Waals surface area contributed by atoms with Crippen molar-refractivity contribution >= 4 is 33.3 Å². The van der Waals surface area contributed by atoms with Gasteiger partial charge >= 0.3 is 0 Å². The Balaban J connectivity index is 2.13. The third kappa shape index (κ3) is 2.14. The third-order valence-electron chi connectivity index (χ3n) is 3.84. The van der Waals surface area contributed by atoms with Crippen molar-refractivity contribution in [3.8, 4) is 0 Å². The van der Waals surface area contributed by atoms with E-state index in [1.54, 1.807) is 18.3 Å². The van der Waals surface area contributed by atoms with Gasteiger partial charge in [0.05, 0.1) is 17.4 Å². The summed E-state index contributed by atoms with van der Waals surface area (Å²) in [5.74, 6) is -0.0517. The molecule has 0 saturated carbocycles. The summed E-state index contributed by atoms with van der Waals surface area (Å²) >= 11 is 1.70. The minimum absolute atomic E-state index is 0.470. The van der Waals surface area contributed by atoms with Gasteiger partial charge in [0.25, 0.3) is 0 Å². The number of thiophene rings is 1. The minimum Gasteiger partial charge on any atom is -0.548 e. The number of nitrogens with one attached hydrogen (secondary N) is 1. The van der Waals surface area contributed by atoms with Crippen LogP contribution in [0.2, 0.25) is 0 Å². The number of fused-ring (bicyclic) bond motifs is 3. The first-order valence-corrected chi connectivity index (χ1v) is 7.63. The van der Waals surface area contributed by atoms with Crippen molar-refractivity contribution in [2.24, 2.45) is 0 Å². The summed E-state index contributed by atoms with van der Waals surface area (Å²) in [5, 5.41) is 14.8. The Labute approximate surface area is 121 Å². The van der Waals surface area contributed by atoms with E-state index < -0.39 is 12.0 Å². The van der Waals surface area contributed by atoms with Gasteiger partial charge in [-0.1, -0.05) is 6.92 Å². The summed E-state index contributed by atoms with van der Waals surface area (Å²) in [6, 6.07) is -0.775. The van der Waals surface area contributed by atoms with Gasteiger partial charge in [-0.3, -0.25) is 0 Å². The highest BCUT2D eigenvalue weighted by Crippen LogP contribution is 2.43. The molecular formula is C14H16N3O2S-. The standard InChI is InChI=1S/C14H17N3O2S/c1-7-4-3-5-9-10(7)11-12(17-8(2)14(18)19)15-6-16-13(11)20-9/h6-8H,3-5H2,1-2H3,(H,18,19)(H,15,16,17)/p-1/t7-,8-/m0/s1. The van der Waals surface area contributed by atoms with Gasteiger partial charge in [-0.05, 0) is 37.7 Å². The summed E-state index contributed by atoms with van der Waals surface area (Å²) in [6.07, 6.45) is 4.92. The van der Waals surface area contributed by atoms with Crippen LogP contribution < -0.4 is 10.4 Å². The van der Waals surface area contributed by atoms with Crippen LogP contribution >= 0.6 is 11.3 Å². The molecule has 3 rings (SSSR count). The van der Waals surface area contributed by atoms with Gasteiger partial charge in [-0.2, -0.15) is 0 Å². The summed E-state index contributed by atoms with van der Waals surface area (Å²) in [7, 11) is 0. The Kier molecular flexibility index (Phi) is 3.33. The van der Waals surface area contributed by atoms with Crippen molar-refractivity contribution in [2.45, 2.75) is 45.1 Å². The summed E-state index contributed by atoms with van der Waals surface area (Å²) < 4.78 is 0. The van der Waals surface area contributed by atoms with E-state index in [0.717, 1.165) is 23.1 Å². The molecule has 0 spiro atoms. The first-order chi connectivity index (χ1) is 9.58.